The number of hydrogen-bond donors (Lipinski definition) is 1. The van der Waals surface area contributed by atoms with Crippen LogP contribution in [0.2, 0.25) is 0 Å². The summed E-state index contributed by atoms with van der Waals surface area (Å²) in [7, 11) is 1.94. The van der Waals surface area contributed by atoms with Gasteiger partial charge in [0.2, 0.25) is 11.8 Å². The maximum absolute atomic E-state index is 11.8. The molecule has 0 saturated carbocycles. The fourth-order valence-electron chi connectivity index (χ4n) is 3.90. The van der Waals surface area contributed by atoms with Gasteiger partial charge in [-0.2, -0.15) is 5.10 Å². The lowest BCUT2D eigenvalue weighted by molar-refractivity contribution is -0.119. The number of pyridine rings is 1. The molecule has 1 unspecified atom stereocenters. The standard InChI is InChI=1S/C22H30N6O2/c1-6-7-18(14-8-19(29)23-10-14)30-21-20-17(24-13-27(20)5)9-16(26-21)15-11-25-28(12-15)22(2,3)4/h9,11-14,18H,6-8,10H2,1-5H3,(H,23,29)/t14-,18?/m1/s1. The second-order valence-corrected chi connectivity index (χ2v) is 9.09. The minimum atomic E-state index is -0.110. The van der Waals surface area contributed by atoms with Crippen molar-refractivity contribution >= 4 is 16.9 Å². The fraction of sp³-hybridized carbons (Fsp3) is 0.545. The molecule has 0 aliphatic carbocycles. The van der Waals surface area contributed by atoms with Crippen LogP contribution in [0.15, 0.2) is 24.8 Å². The number of aromatic nitrogens is 5. The van der Waals surface area contributed by atoms with Gasteiger partial charge in [0, 0.05) is 37.7 Å². The predicted octanol–water partition coefficient (Wildman–Crippen LogP) is 3.27. The number of fused-ring (bicyclic) bond motifs is 1. The third-order valence-electron chi connectivity index (χ3n) is 5.60. The smallest absolute Gasteiger partial charge is 0.241 e. The van der Waals surface area contributed by atoms with Crippen LogP contribution in [0.25, 0.3) is 22.3 Å². The van der Waals surface area contributed by atoms with Crippen LogP contribution in [0, 0.1) is 5.92 Å². The number of amides is 1. The van der Waals surface area contributed by atoms with E-state index < -0.39 is 0 Å². The molecular formula is C22H30N6O2. The Morgan fingerprint density at radius 3 is 2.80 bits per heavy atom. The third-order valence-corrected chi connectivity index (χ3v) is 5.60. The summed E-state index contributed by atoms with van der Waals surface area (Å²) in [6.45, 7) is 9.11. The van der Waals surface area contributed by atoms with E-state index in [-0.39, 0.29) is 23.5 Å². The minimum absolute atomic E-state index is 0.0768. The molecule has 1 amide bonds. The van der Waals surface area contributed by atoms with E-state index in [9.17, 15) is 4.79 Å². The highest BCUT2D eigenvalue weighted by atomic mass is 16.5. The lowest BCUT2D eigenvalue weighted by Crippen LogP contribution is -2.29. The summed E-state index contributed by atoms with van der Waals surface area (Å²) in [6.07, 6.45) is 7.87. The van der Waals surface area contributed by atoms with Gasteiger partial charge in [0.15, 0.2) is 0 Å². The maximum atomic E-state index is 11.8. The third kappa shape index (κ3) is 3.91. The molecule has 4 rings (SSSR count). The maximum Gasteiger partial charge on any atom is 0.241 e. The number of imidazole rings is 1. The van der Waals surface area contributed by atoms with Gasteiger partial charge in [0.25, 0.3) is 0 Å². The summed E-state index contributed by atoms with van der Waals surface area (Å²) < 4.78 is 10.3. The second kappa shape index (κ2) is 7.74. The first-order chi connectivity index (χ1) is 14.3. The van der Waals surface area contributed by atoms with Crippen LogP contribution < -0.4 is 10.1 Å². The van der Waals surface area contributed by atoms with E-state index in [0.717, 1.165) is 35.1 Å². The van der Waals surface area contributed by atoms with Crippen LogP contribution in [-0.4, -0.2) is 42.9 Å². The Bertz CT molecular complexity index is 1060. The van der Waals surface area contributed by atoms with Crippen LogP contribution >= 0.6 is 0 Å². The molecule has 1 saturated heterocycles. The van der Waals surface area contributed by atoms with Crippen molar-refractivity contribution in [3.8, 4) is 17.1 Å². The highest BCUT2D eigenvalue weighted by Crippen LogP contribution is 2.32. The molecule has 4 heterocycles. The minimum Gasteiger partial charge on any atom is -0.472 e. The average Bonchev–Trinajstić information content (AvgIpc) is 3.41. The molecule has 1 fully saturated rings. The highest BCUT2D eigenvalue weighted by Gasteiger charge is 2.31. The highest BCUT2D eigenvalue weighted by molar-refractivity contribution is 5.84. The summed E-state index contributed by atoms with van der Waals surface area (Å²) in [5.41, 5.74) is 3.29. The Morgan fingerprint density at radius 2 is 2.17 bits per heavy atom. The molecule has 1 N–H and O–H groups in total. The van der Waals surface area contributed by atoms with Gasteiger partial charge in [-0.3, -0.25) is 9.48 Å². The monoisotopic (exact) mass is 410 g/mol. The molecule has 8 heteroatoms. The first kappa shape index (κ1) is 20.4. The van der Waals surface area contributed by atoms with Crippen LogP contribution in [0.5, 0.6) is 5.88 Å². The average molecular weight is 411 g/mol. The van der Waals surface area contributed by atoms with Gasteiger partial charge in [-0.15, -0.1) is 0 Å². The van der Waals surface area contributed by atoms with Gasteiger partial charge < -0.3 is 14.6 Å². The number of hydrogen-bond acceptors (Lipinski definition) is 5. The number of nitrogens with zero attached hydrogens (tertiary/aromatic N) is 5. The Hall–Kier alpha value is -2.90. The molecular weight excluding hydrogens is 380 g/mol. The van der Waals surface area contributed by atoms with Gasteiger partial charge in [-0.1, -0.05) is 13.3 Å². The topological polar surface area (TPSA) is 86.9 Å². The number of carbonyl (C=O) groups is 1. The molecule has 0 aromatic carbocycles. The first-order valence-corrected chi connectivity index (χ1v) is 10.6. The van der Waals surface area contributed by atoms with Crippen molar-refractivity contribution in [2.24, 2.45) is 13.0 Å². The molecule has 8 nitrogen and oxygen atoms in total. The molecule has 0 spiro atoms. The zero-order valence-corrected chi connectivity index (χ0v) is 18.3. The van der Waals surface area contributed by atoms with Crippen molar-refractivity contribution in [1.29, 1.82) is 0 Å². The van der Waals surface area contributed by atoms with Gasteiger partial charge >= 0.3 is 0 Å². The first-order valence-electron chi connectivity index (χ1n) is 10.6. The SMILES string of the molecule is CCCC(Oc1nc(-c2cnn(C(C)(C)C)c2)cc2ncn(C)c12)[C@H]1CNC(=O)C1. The largest absolute Gasteiger partial charge is 0.472 e. The Balaban J connectivity index is 1.73. The van der Waals surface area contributed by atoms with Crippen molar-refractivity contribution < 1.29 is 9.53 Å². The second-order valence-electron chi connectivity index (χ2n) is 9.09. The number of aryl methyl sites for hydroxylation is 1. The van der Waals surface area contributed by atoms with Crippen molar-refractivity contribution in [1.82, 2.24) is 29.6 Å². The van der Waals surface area contributed by atoms with Gasteiger partial charge in [0.05, 0.1) is 29.3 Å². The van der Waals surface area contributed by atoms with E-state index in [0.29, 0.717) is 18.8 Å². The van der Waals surface area contributed by atoms with E-state index in [4.69, 9.17) is 9.72 Å². The van der Waals surface area contributed by atoms with Crippen molar-refractivity contribution in [3.05, 3.63) is 24.8 Å². The lowest BCUT2D eigenvalue weighted by atomic mass is 9.97. The summed E-state index contributed by atoms with van der Waals surface area (Å²) in [6, 6.07) is 1.97. The quantitative estimate of drug-likeness (QED) is 0.674. The molecule has 1 aliphatic heterocycles. The summed E-state index contributed by atoms with van der Waals surface area (Å²) in [5.74, 6) is 0.797. The van der Waals surface area contributed by atoms with E-state index in [2.05, 4.69) is 43.1 Å². The molecule has 0 radical (unpaired) electrons. The molecule has 160 valence electrons. The molecule has 3 aromatic heterocycles. The van der Waals surface area contributed by atoms with Gasteiger partial charge in [0.1, 0.15) is 11.6 Å². The lowest BCUT2D eigenvalue weighted by Gasteiger charge is -2.23. The van der Waals surface area contributed by atoms with Crippen molar-refractivity contribution in [2.45, 2.75) is 58.6 Å². The zero-order valence-electron chi connectivity index (χ0n) is 18.3. The number of nitrogens with one attached hydrogen (secondary N) is 1. The Morgan fingerprint density at radius 1 is 1.37 bits per heavy atom. The van der Waals surface area contributed by atoms with Gasteiger partial charge in [-0.05, 0) is 33.3 Å². The number of ether oxygens (including phenoxy) is 1. The van der Waals surface area contributed by atoms with Crippen molar-refractivity contribution in [3.63, 3.8) is 0 Å². The van der Waals surface area contributed by atoms with E-state index in [1.54, 1.807) is 6.33 Å². The normalized spacial score (nSPS) is 18.0. The van der Waals surface area contributed by atoms with Gasteiger partial charge in [-0.25, -0.2) is 9.97 Å². The fourth-order valence-corrected chi connectivity index (χ4v) is 3.90. The van der Waals surface area contributed by atoms with E-state index in [1.165, 1.54) is 0 Å². The Labute approximate surface area is 176 Å². The van der Waals surface area contributed by atoms with Crippen LogP contribution in [-0.2, 0) is 17.4 Å². The zero-order chi connectivity index (χ0) is 21.5. The van der Waals surface area contributed by atoms with E-state index in [1.807, 2.05) is 34.8 Å². The summed E-state index contributed by atoms with van der Waals surface area (Å²) >= 11 is 0. The summed E-state index contributed by atoms with van der Waals surface area (Å²) in [4.78, 5) is 21.2. The summed E-state index contributed by atoms with van der Waals surface area (Å²) in [5, 5.41) is 7.43. The molecule has 3 aromatic rings. The van der Waals surface area contributed by atoms with Crippen LogP contribution in [0.3, 0.4) is 0 Å². The van der Waals surface area contributed by atoms with Crippen LogP contribution in [0.1, 0.15) is 47.0 Å². The molecule has 1 aliphatic rings. The van der Waals surface area contributed by atoms with E-state index >= 15 is 0 Å². The predicted molar refractivity (Wildman–Crippen MR) is 115 cm³/mol. The molecule has 30 heavy (non-hydrogen) atoms. The molecule has 2 atom stereocenters. The Kier molecular flexibility index (Phi) is 5.26. The van der Waals surface area contributed by atoms with Crippen molar-refractivity contribution in [2.75, 3.05) is 6.54 Å². The number of rotatable bonds is 6. The molecule has 0 bridgehead atoms. The number of carbonyl (C=O) groups excluding carboxylic acids is 1. The van der Waals surface area contributed by atoms with Crippen LogP contribution in [0.4, 0.5) is 0 Å².